The van der Waals surface area contributed by atoms with Crippen molar-refractivity contribution in [2.24, 2.45) is 0 Å². The van der Waals surface area contributed by atoms with Gasteiger partial charge in [-0.3, -0.25) is 0 Å². The van der Waals surface area contributed by atoms with Crippen molar-refractivity contribution in [3.05, 3.63) is 0 Å². The minimum atomic E-state index is 0. The molecule has 0 saturated heterocycles. The molecule has 0 N–H and O–H groups in total. The van der Waals surface area contributed by atoms with Crippen LogP contribution in [0.1, 0.15) is 13.8 Å². The maximum atomic E-state index is 9.44. The first kappa shape index (κ1) is 38.1. The van der Waals surface area contributed by atoms with Crippen molar-refractivity contribution < 1.29 is 49.9 Å². The van der Waals surface area contributed by atoms with Crippen molar-refractivity contribution >= 4 is 5.78 Å². The van der Waals surface area contributed by atoms with Gasteiger partial charge >= 0.3 is 34.1 Å². The van der Waals surface area contributed by atoms with E-state index < -0.39 is 0 Å². The Morgan fingerprint density at radius 2 is 1.00 bits per heavy atom. The molecule has 0 aromatic carbocycles. The molecule has 0 bridgehead atoms. The summed E-state index contributed by atoms with van der Waals surface area (Å²) in [5, 5.41) is 0. The third-order valence-electron chi connectivity index (χ3n) is 0. The Labute approximate surface area is 69.8 Å². The molecule has 3 nitrogen and oxygen atoms in total. The van der Waals surface area contributed by atoms with Crippen LogP contribution in [0.2, 0.25) is 0 Å². The van der Waals surface area contributed by atoms with E-state index in [1.54, 1.807) is 0 Å². The van der Waals surface area contributed by atoms with Crippen molar-refractivity contribution in [3.63, 3.8) is 0 Å². The summed E-state index contributed by atoms with van der Waals surface area (Å²) in [7, 11) is 0. The van der Waals surface area contributed by atoms with Gasteiger partial charge < -0.3 is 15.7 Å². The van der Waals surface area contributed by atoms with E-state index in [0.717, 1.165) is 0 Å². The molecule has 0 rings (SSSR count). The van der Waals surface area contributed by atoms with Gasteiger partial charge in [0.15, 0.2) is 0 Å². The quantitative estimate of drug-likeness (QED) is 0.522. The standard InChI is InChI=1S/C3H6O.2Fe.2O/c1-3(2)4;;;;/h1-2H3;;;;/q;2*+2;2*-2. The first-order valence-electron chi connectivity index (χ1n) is 1.20. The van der Waals surface area contributed by atoms with Crippen LogP contribution >= 0.6 is 0 Å². The van der Waals surface area contributed by atoms with Crippen LogP contribution < -0.4 is 0 Å². The zero-order chi connectivity index (χ0) is 3.58. The fraction of sp³-hybridized carbons (Fsp3) is 0.667. The third-order valence-corrected chi connectivity index (χ3v) is 0. The molecule has 0 fully saturated rings. The molecule has 0 unspecified atom stereocenters. The summed E-state index contributed by atoms with van der Waals surface area (Å²) in [6.45, 7) is 3.06. The molecule has 5 heteroatoms. The molecule has 0 radical (unpaired) electrons. The molecule has 0 amide bonds. The SMILES string of the molecule is CC(C)=O.[Fe+2].[Fe+2].[O-2].[O-2]. The van der Waals surface area contributed by atoms with Crippen LogP contribution in [0.15, 0.2) is 0 Å². The Hall–Kier alpha value is 0.629. The molecule has 0 atom stereocenters. The van der Waals surface area contributed by atoms with E-state index in [-0.39, 0.29) is 50.9 Å². The van der Waals surface area contributed by atoms with Crippen molar-refractivity contribution in [1.82, 2.24) is 0 Å². The van der Waals surface area contributed by atoms with Gasteiger partial charge in [0.2, 0.25) is 0 Å². The fourth-order valence-corrected chi connectivity index (χ4v) is 0. The molecule has 0 aromatic rings. The normalized spacial score (nSPS) is 3.25. The average molecular weight is 202 g/mol. The Bertz CT molecular complexity index is 35.5. The van der Waals surface area contributed by atoms with E-state index in [0.29, 0.717) is 0 Å². The molecule has 0 aliphatic rings. The molecule has 52 valence electrons. The van der Waals surface area contributed by atoms with Gasteiger partial charge in [0, 0.05) is 0 Å². The molecular weight excluding hydrogens is 196 g/mol. The minimum absolute atomic E-state index is 0. The van der Waals surface area contributed by atoms with Gasteiger partial charge in [0.05, 0.1) is 0 Å². The van der Waals surface area contributed by atoms with E-state index in [1.165, 1.54) is 13.8 Å². The van der Waals surface area contributed by atoms with Gasteiger partial charge in [-0.25, -0.2) is 0 Å². The second kappa shape index (κ2) is 25.5. The smallest absolute Gasteiger partial charge is 2.00 e. The van der Waals surface area contributed by atoms with Gasteiger partial charge in [-0.15, -0.1) is 0 Å². The largest absolute Gasteiger partial charge is 2.00 e. The fourth-order valence-electron chi connectivity index (χ4n) is 0. The van der Waals surface area contributed by atoms with Gasteiger partial charge in [-0.1, -0.05) is 0 Å². The second-order valence-corrected chi connectivity index (χ2v) is 0.908. The van der Waals surface area contributed by atoms with Crippen LogP contribution in [-0.2, 0) is 49.9 Å². The van der Waals surface area contributed by atoms with Crippen molar-refractivity contribution in [2.45, 2.75) is 13.8 Å². The summed E-state index contributed by atoms with van der Waals surface area (Å²) >= 11 is 0. The second-order valence-electron chi connectivity index (χ2n) is 0.908. The number of ketones is 1. The summed E-state index contributed by atoms with van der Waals surface area (Å²) < 4.78 is 0. The molecule has 0 saturated carbocycles. The molecule has 0 aliphatic carbocycles. The third kappa shape index (κ3) is 531. The van der Waals surface area contributed by atoms with Gasteiger partial charge in [-0.2, -0.15) is 0 Å². The summed E-state index contributed by atoms with van der Waals surface area (Å²) in [5.74, 6) is 0.167. The van der Waals surface area contributed by atoms with Crippen molar-refractivity contribution in [3.8, 4) is 0 Å². The van der Waals surface area contributed by atoms with Gasteiger partial charge in [0.25, 0.3) is 0 Å². The zero-order valence-electron chi connectivity index (χ0n) is 4.43. The zero-order valence-corrected chi connectivity index (χ0v) is 6.64. The maximum Gasteiger partial charge on any atom is 2.00 e. The topological polar surface area (TPSA) is 74.1 Å². The van der Waals surface area contributed by atoms with E-state index in [2.05, 4.69) is 0 Å². The summed E-state index contributed by atoms with van der Waals surface area (Å²) in [6.07, 6.45) is 0. The van der Waals surface area contributed by atoms with Crippen molar-refractivity contribution in [1.29, 1.82) is 0 Å². The number of rotatable bonds is 0. The molecule has 0 aliphatic heterocycles. The Morgan fingerprint density at radius 3 is 1.00 bits per heavy atom. The molecule has 0 spiro atoms. The summed E-state index contributed by atoms with van der Waals surface area (Å²) in [4.78, 5) is 9.44. The summed E-state index contributed by atoms with van der Waals surface area (Å²) in [5.41, 5.74) is 0. The Kier molecular flexibility index (Phi) is 121. The monoisotopic (exact) mass is 202 g/mol. The van der Waals surface area contributed by atoms with Crippen LogP contribution in [0.4, 0.5) is 0 Å². The van der Waals surface area contributed by atoms with Crippen molar-refractivity contribution in [2.75, 3.05) is 0 Å². The summed E-state index contributed by atoms with van der Waals surface area (Å²) in [6, 6.07) is 0. The van der Waals surface area contributed by atoms with Gasteiger partial charge in [-0.05, 0) is 13.8 Å². The number of carbonyl (C=O) groups is 1. The predicted molar refractivity (Wildman–Crippen MR) is 17.7 cm³/mol. The maximum absolute atomic E-state index is 9.44. The average Bonchev–Trinajstić information content (AvgIpc) is 0.811. The molecular formula is C3H6Fe2O3. The number of Topliss-reactive ketones (excluding diaryl/α,β-unsaturated/α-hetero) is 1. The molecule has 0 aromatic heterocycles. The Balaban J connectivity index is -0.00000000750. The predicted octanol–water partition coefficient (Wildman–Crippen LogP) is 0.353. The van der Waals surface area contributed by atoms with Crippen LogP contribution in [0.25, 0.3) is 0 Å². The van der Waals surface area contributed by atoms with E-state index in [4.69, 9.17) is 0 Å². The minimum Gasteiger partial charge on any atom is -2.00 e. The van der Waals surface area contributed by atoms with Crippen LogP contribution in [0.5, 0.6) is 0 Å². The Morgan fingerprint density at radius 1 is 1.00 bits per heavy atom. The van der Waals surface area contributed by atoms with Crippen LogP contribution in [0.3, 0.4) is 0 Å². The van der Waals surface area contributed by atoms with E-state index in [9.17, 15) is 4.79 Å². The number of hydrogen-bond acceptors (Lipinski definition) is 1. The van der Waals surface area contributed by atoms with Crippen LogP contribution in [-0.4, -0.2) is 5.78 Å². The van der Waals surface area contributed by atoms with Crippen LogP contribution in [0, 0.1) is 0 Å². The number of hydrogen-bond donors (Lipinski definition) is 0. The molecule has 8 heavy (non-hydrogen) atoms. The van der Waals surface area contributed by atoms with Gasteiger partial charge in [0.1, 0.15) is 5.78 Å². The van der Waals surface area contributed by atoms with E-state index in [1.807, 2.05) is 0 Å². The first-order chi connectivity index (χ1) is 1.73. The van der Waals surface area contributed by atoms with E-state index >= 15 is 0 Å². The first-order valence-corrected chi connectivity index (χ1v) is 1.20. The number of carbonyl (C=O) groups excluding carboxylic acids is 1. The molecule has 0 heterocycles.